The molecule has 91 heavy (non-hydrogen) atoms. The molecule has 0 saturated heterocycles. The van der Waals surface area contributed by atoms with Gasteiger partial charge >= 0.3 is 29.8 Å². The van der Waals surface area contributed by atoms with Gasteiger partial charge < -0.3 is 50.0 Å². The van der Waals surface area contributed by atoms with E-state index >= 15 is 0 Å². The van der Waals surface area contributed by atoms with E-state index in [1.807, 2.05) is 38.1 Å². The van der Waals surface area contributed by atoms with Crippen LogP contribution in [-0.2, 0) is 77.6 Å². The third-order valence-corrected chi connectivity index (χ3v) is 21.1. The molecule has 1 aliphatic carbocycles. The molecule has 1 fully saturated rings. The van der Waals surface area contributed by atoms with E-state index in [0.29, 0.717) is 47.9 Å². The number of aliphatic carboxylic acids is 5. The van der Waals surface area contributed by atoms with E-state index in [2.05, 4.69) is 25.4 Å². The van der Waals surface area contributed by atoms with Crippen LogP contribution in [0, 0.1) is 5.92 Å². The van der Waals surface area contributed by atoms with Crippen molar-refractivity contribution in [2.24, 2.45) is 5.92 Å². The first-order chi connectivity index (χ1) is 42.7. The molecule has 1 aliphatic rings. The molecule has 25 nitrogen and oxygen atoms in total. The van der Waals surface area contributed by atoms with Gasteiger partial charge in [-0.2, -0.15) is 0 Å². The fraction of sp³-hybridized carbons (Fsp3) is 0.426. The molecule has 30 heteroatoms. The molecule has 0 aliphatic heterocycles. The smallest absolute Gasteiger partial charge is 0.321 e. The van der Waals surface area contributed by atoms with Crippen LogP contribution in [0.2, 0.25) is 0 Å². The van der Waals surface area contributed by atoms with Crippen molar-refractivity contribution in [2.75, 3.05) is 0 Å². The van der Waals surface area contributed by atoms with Gasteiger partial charge in [0.25, 0.3) is 37.6 Å². The van der Waals surface area contributed by atoms with Crippen molar-refractivity contribution in [1.29, 1.82) is 0 Å². The van der Waals surface area contributed by atoms with Gasteiger partial charge in [-0.05, 0) is 72.8 Å². The second-order valence-corrected chi connectivity index (χ2v) is 31.5. The molecule has 10 atom stereocenters. The molecule has 0 radical (unpaired) electrons. The Balaban J connectivity index is 0.000000389. The van der Waals surface area contributed by atoms with Crippen molar-refractivity contribution in [3.05, 3.63) is 179 Å². The highest BCUT2D eigenvalue weighted by Gasteiger charge is 2.35. The molecule has 504 valence electrons. The van der Waals surface area contributed by atoms with Gasteiger partial charge in [-0.1, -0.05) is 211 Å². The van der Waals surface area contributed by atoms with E-state index in [4.69, 9.17) is 20.4 Å². The topological polar surface area (TPSA) is 433 Å². The molecule has 0 spiro atoms. The fourth-order valence-corrected chi connectivity index (χ4v) is 16.7. The van der Waals surface area contributed by atoms with Crippen molar-refractivity contribution in [3.63, 3.8) is 0 Å². The van der Waals surface area contributed by atoms with E-state index in [-0.39, 0.29) is 43.1 Å². The Morgan fingerprint density at radius 3 is 0.934 bits per heavy atom. The third kappa shape index (κ3) is 36.3. The molecule has 0 amide bonds. The standard InChI is InChI=1S/C15H22NO4P.C13H20NO4P.C12H18NO4P.C11H16NO4P.C10H14NO4P/c17-15(18)14(13-9-5-2-6-10-13)16-21(19,20)11-12-7-3-1-4-8-12;1-2-3-9-12(13(15)16)14-19(17,18)10-11-7-5-4-6-8-11;1-2-6-11(12(14)15)13-18(16,17)9-10-7-4-3-5-8-10;1-2-10(11(13)14)12-17(15,16)8-9-6-4-3-5-7-9;1-8(10(12)13)11-16(14,15)7-9-5-3-2-4-6-9/h1,3-4,7-8,13-14H,2,5-6,9-11H2,(H,17,18)(H2,16,19,20);4-8,12H,2-3,9-10H2,1H3,(H,15,16)(H2,14,17,18);3-5,7-8,11H,2,6,9H2,1H3,(H,14,15)(H2,13,16,17);3-7,10H,2,8H2,1H3,(H,13,14)(H2,12,15,16);2-6,8H,7H2,1H3,(H,12,13)(H2,11,14,15). The van der Waals surface area contributed by atoms with Crippen LogP contribution in [0.5, 0.6) is 0 Å². The summed E-state index contributed by atoms with van der Waals surface area (Å²) in [6, 6.07) is 39.3. The zero-order valence-electron chi connectivity index (χ0n) is 51.5. The summed E-state index contributed by atoms with van der Waals surface area (Å²) < 4.78 is 59.8. The second-order valence-electron chi connectivity index (χ2n) is 21.7. The Morgan fingerprint density at radius 2 is 0.670 bits per heavy atom. The van der Waals surface area contributed by atoms with E-state index in [1.165, 1.54) is 6.92 Å². The van der Waals surface area contributed by atoms with E-state index < -0.39 is 97.7 Å². The second kappa shape index (κ2) is 41.7. The van der Waals surface area contributed by atoms with Crippen LogP contribution in [0.15, 0.2) is 152 Å². The first-order valence-electron chi connectivity index (χ1n) is 29.5. The lowest BCUT2D eigenvalue weighted by atomic mass is 9.84. The van der Waals surface area contributed by atoms with Crippen LogP contribution < -0.4 is 25.4 Å². The van der Waals surface area contributed by atoms with Crippen LogP contribution in [0.1, 0.15) is 126 Å². The Hall–Kier alpha value is -5.80. The molecule has 10 unspecified atom stereocenters. The maximum Gasteiger partial charge on any atom is 0.321 e. The molecule has 15 N–H and O–H groups in total. The highest BCUT2D eigenvalue weighted by molar-refractivity contribution is 7.56. The molecule has 5 aromatic rings. The van der Waals surface area contributed by atoms with Gasteiger partial charge in [0.15, 0.2) is 0 Å². The van der Waals surface area contributed by atoms with Gasteiger partial charge in [0, 0.05) is 0 Å². The van der Waals surface area contributed by atoms with Crippen molar-refractivity contribution in [3.8, 4) is 0 Å². The summed E-state index contributed by atoms with van der Waals surface area (Å²) in [7, 11) is -18.4. The number of benzene rings is 5. The fourth-order valence-electron chi connectivity index (χ4n) is 9.02. The number of nitrogens with one attached hydrogen (secondary N) is 5. The maximum atomic E-state index is 12.3. The zero-order chi connectivity index (χ0) is 68.3. The predicted molar refractivity (Wildman–Crippen MR) is 350 cm³/mol. The molecule has 0 aromatic heterocycles. The predicted octanol–water partition coefficient (Wildman–Crippen LogP) is 11.1. The zero-order valence-corrected chi connectivity index (χ0v) is 56.0. The van der Waals surface area contributed by atoms with Crippen molar-refractivity contribution in [1.82, 2.24) is 25.4 Å². The van der Waals surface area contributed by atoms with E-state index in [0.717, 1.165) is 44.1 Å². The number of hydrogen-bond donors (Lipinski definition) is 15. The number of carboxylic acids is 5. The summed E-state index contributed by atoms with van der Waals surface area (Å²) >= 11 is 0. The summed E-state index contributed by atoms with van der Waals surface area (Å²) in [5.74, 6) is -5.55. The largest absolute Gasteiger partial charge is 0.480 e. The van der Waals surface area contributed by atoms with Gasteiger partial charge in [-0.25, -0.2) is 25.4 Å². The minimum atomic E-state index is -3.72. The van der Waals surface area contributed by atoms with Crippen molar-refractivity contribution < 1.29 is 96.8 Å². The highest BCUT2D eigenvalue weighted by atomic mass is 31.2. The summed E-state index contributed by atoms with van der Waals surface area (Å²) in [6.45, 7) is 6.75. The van der Waals surface area contributed by atoms with Gasteiger partial charge in [0.05, 0.1) is 30.8 Å². The maximum absolute atomic E-state index is 12.3. The van der Waals surface area contributed by atoms with Gasteiger partial charge in [-0.3, -0.25) is 46.8 Å². The van der Waals surface area contributed by atoms with Gasteiger partial charge in [0.2, 0.25) is 0 Å². The minimum absolute atomic E-state index is 0.0513. The Bertz CT molecular complexity index is 3210. The van der Waals surface area contributed by atoms with Gasteiger partial charge in [0.1, 0.15) is 30.2 Å². The SMILES string of the molecule is CC(NP(=O)(O)Cc1ccccc1)C(=O)O.CCC(NP(=O)(O)Cc1ccccc1)C(=O)O.CCCC(NP(=O)(O)Cc1ccccc1)C(=O)O.CCCCC(NP(=O)(O)Cc1ccccc1)C(=O)O.O=C(O)C(NP(=O)(O)Cc1ccccc1)C1CCCCC1. The summed E-state index contributed by atoms with van der Waals surface area (Å²) in [5.41, 5.74) is 3.53. The molecular formula is C61H90N5O20P5. The number of carboxylic acid groups (broad SMARTS) is 5. The average Bonchev–Trinajstić information content (AvgIpc) is 1.85. The van der Waals surface area contributed by atoms with Crippen LogP contribution in [0.25, 0.3) is 0 Å². The molecule has 5 aromatic carbocycles. The Labute approximate surface area is 532 Å². The first kappa shape index (κ1) is 81.3. The van der Waals surface area contributed by atoms with Gasteiger partial charge in [-0.15, -0.1) is 0 Å². The summed E-state index contributed by atoms with van der Waals surface area (Å²) in [4.78, 5) is 104. The molecule has 6 rings (SSSR count). The van der Waals surface area contributed by atoms with E-state index in [1.54, 1.807) is 134 Å². The summed E-state index contributed by atoms with van der Waals surface area (Å²) in [6.07, 6.45) is 7.49. The number of rotatable bonds is 32. The van der Waals surface area contributed by atoms with Crippen LogP contribution in [0.4, 0.5) is 0 Å². The van der Waals surface area contributed by atoms with Crippen LogP contribution in [0.3, 0.4) is 0 Å². The first-order valence-corrected chi connectivity index (χ1v) is 38.8. The van der Waals surface area contributed by atoms with E-state index in [9.17, 15) is 76.4 Å². The molecular weight excluding hydrogens is 1280 g/mol. The lowest BCUT2D eigenvalue weighted by molar-refractivity contribution is -0.141. The molecule has 1 saturated carbocycles. The Morgan fingerprint density at radius 1 is 0.385 bits per heavy atom. The van der Waals surface area contributed by atoms with Crippen LogP contribution >= 0.6 is 37.6 Å². The normalized spacial score (nSPS) is 17.1. The number of carbonyl (C=O) groups is 5. The quantitative estimate of drug-likeness (QED) is 0.0178. The lowest BCUT2D eigenvalue weighted by Crippen LogP contribution is -2.42. The van der Waals surface area contributed by atoms with Crippen molar-refractivity contribution in [2.45, 2.75) is 159 Å². The summed E-state index contributed by atoms with van der Waals surface area (Å²) in [5, 5.41) is 56.5. The number of hydrogen-bond acceptors (Lipinski definition) is 10. The Kier molecular flexibility index (Phi) is 37.3. The highest BCUT2D eigenvalue weighted by Crippen LogP contribution is 2.45. The van der Waals surface area contributed by atoms with Crippen LogP contribution in [-0.4, -0.2) is 110 Å². The average molecular weight is 1370 g/mol. The molecule has 0 heterocycles. The molecule has 0 bridgehead atoms. The van der Waals surface area contributed by atoms with Crippen molar-refractivity contribution >= 4 is 67.4 Å². The minimum Gasteiger partial charge on any atom is -0.480 e. The lowest BCUT2D eigenvalue weighted by Gasteiger charge is -2.29. The number of unbranched alkanes of at least 4 members (excludes halogenated alkanes) is 1. The monoisotopic (exact) mass is 1370 g/mol. The third-order valence-electron chi connectivity index (χ3n) is 13.5.